The van der Waals surface area contributed by atoms with Crippen LogP contribution in [-0.4, -0.2) is 40.4 Å². The lowest BCUT2D eigenvalue weighted by Crippen LogP contribution is -2.26. The summed E-state index contributed by atoms with van der Waals surface area (Å²) in [7, 11) is 0. The average molecular weight is 488 g/mol. The maximum atomic E-state index is 10.2. The first kappa shape index (κ1) is 24.8. The maximum Gasteiger partial charge on any atom is 0.148 e. The molecule has 0 aromatic carbocycles. The van der Waals surface area contributed by atoms with Crippen LogP contribution in [0.2, 0.25) is 0 Å². The Bertz CT molecular complexity index is 1210. The van der Waals surface area contributed by atoms with E-state index in [1.165, 1.54) is 11.8 Å². The predicted octanol–water partition coefficient (Wildman–Crippen LogP) is 4.96. The molecule has 1 aliphatic heterocycles. The van der Waals surface area contributed by atoms with Crippen LogP contribution >= 0.6 is 11.8 Å². The van der Waals surface area contributed by atoms with Crippen LogP contribution in [0.15, 0.2) is 47.5 Å². The summed E-state index contributed by atoms with van der Waals surface area (Å²) in [5, 5.41) is 31.0. The third-order valence-corrected chi connectivity index (χ3v) is 6.96. The van der Waals surface area contributed by atoms with Crippen LogP contribution in [0.1, 0.15) is 61.8 Å². The molecule has 0 atom stereocenters. The van der Waals surface area contributed by atoms with Gasteiger partial charge in [0.1, 0.15) is 35.2 Å². The van der Waals surface area contributed by atoms with E-state index in [2.05, 4.69) is 22.0 Å². The largest absolute Gasteiger partial charge is 0.495 e. The van der Waals surface area contributed by atoms with Crippen LogP contribution in [-0.2, 0) is 10.5 Å². The van der Waals surface area contributed by atoms with E-state index < -0.39 is 5.60 Å². The van der Waals surface area contributed by atoms with Gasteiger partial charge in [0.2, 0.25) is 0 Å². The number of ether oxygens (including phenoxy) is 1. The van der Waals surface area contributed by atoms with Gasteiger partial charge < -0.3 is 14.7 Å². The lowest BCUT2D eigenvalue weighted by atomic mass is 9.90. The van der Waals surface area contributed by atoms with Gasteiger partial charge in [0.15, 0.2) is 0 Å². The molecule has 2 aromatic rings. The number of pyridine rings is 2. The van der Waals surface area contributed by atoms with Crippen molar-refractivity contribution in [3.63, 3.8) is 0 Å². The standard InChI is InChI=1S/C27H29N5O2S/c1-27(2,33)18-34-21-9-7-20(8-10-21)24-22(14-28)25(32-12-3-4-13-32)31-26(23(24)15-29)35-17-19-6-5-11-30-16-19/h5-7,9,11,16,33H,3-4,8,10,12-13,17-18H2,1-2H3. The number of aromatic nitrogens is 2. The minimum atomic E-state index is -0.914. The summed E-state index contributed by atoms with van der Waals surface area (Å²) < 4.78 is 5.77. The van der Waals surface area contributed by atoms with Crippen molar-refractivity contribution in [2.24, 2.45) is 0 Å². The summed E-state index contributed by atoms with van der Waals surface area (Å²) in [4.78, 5) is 11.2. The summed E-state index contributed by atoms with van der Waals surface area (Å²) in [6.45, 7) is 5.33. The molecule has 4 rings (SSSR count). The van der Waals surface area contributed by atoms with Gasteiger partial charge in [-0.2, -0.15) is 10.5 Å². The molecule has 8 heteroatoms. The zero-order chi connectivity index (χ0) is 24.8. The van der Waals surface area contributed by atoms with Gasteiger partial charge in [-0.1, -0.05) is 12.1 Å². The predicted molar refractivity (Wildman–Crippen MR) is 136 cm³/mol. The fourth-order valence-corrected chi connectivity index (χ4v) is 5.11. The van der Waals surface area contributed by atoms with E-state index in [-0.39, 0.29) is 6.61 Å². The Morgan fingerprint density at radius 2 is 1.91 bits per heavy atom. The van der Waals surface area contributed by atoms with Gasteiger partial charge in [-0.25, -0.2) is 4.98 Å². The summed E-state index contributed by atoms with van der Waals surface area (Å²) in [6.07, 6.45) is 10.8. The third-order valence-electron chi connectivity index (χ3n) is 5.92. The van der Waals surface area contributed by atoms with Gasteiger partial charge in [0, 0.05) is 43.2 Å². The summed E-state index contributed by atoms with van der Waals surface area (Å²) >= 11 is 1.50. The number of nitriles is 2. The number of allylic oxidation sites excluding steroid dienone is 4. The molecule has 180 valence electrons. The lowest BCUT2D eigenvalue weighted by Gasteiger charge is -2.24. The van der Waals surface area contributed by atoms with Gasteiger partial charge in [0.25, 0.3) is 0 Å². The SMILES string of the molecule is CC(C)(O)COC1=CC=C(c2c(C#N)c(SCc3cccnc3)nc(N3CCCC3)c2C#N)CC1. The quantitative estimate of drug-likeness (QED) is 0.521. The van der Waals surface area contributed by atoms with Crippen LogP contribution in [0.4, 0.5) is 5.82 Å². The van der Waals surface area contributed by atoms with E-state index in [0.717, 1.165) is 42.8 Å². The van der Waals surface area contributed by atoms with E-state index in [1.54, 1.807) is 20.0 Å². The Balaban J connectivity index is 1.75. The molecule has 2 aliphatic rings. The van der Waals surface area contributed by atoms with Crippen molar-refractivity contribution >= 4 is 23.2 Å². The number of aliphatic hydroxyl groups is 1. The van der Waals surface area contributed by atoms with Crippen LogP contribution in [0.25, 0.3) is 5.57 Å². The molecule has 0 spiro atoms. The lowest BCUT2D eigenvalue weighted by molar-refractivity contribution is 0.00117. The summed E-state index contributed by atoms with van der Waals surface area (Å²) in [5.41, 5.74) is 2.65. The zero-order valence-corrected chi connectivity index (χ0v) is 20.9. The second-order valence-electron chi connectivity index (χ2n) is 9.36. The Morgan fingerprint density at radius 3 is 2.51 bits per heavy atom. The van der Waals surface area contributed by atoms with Crippen molar-refractivity contribution in [2.45, 2.75) is 55.9 Å². The topological polar surface area (TPSA) is 106 Å². The minimum Gasteiger partial charge on any atom is -0.495 e. The van der Waals surface area contributed by atoms with Gasteiger partial charge in [-0.05, 0) is 56.4 Å². The second kappa shape index (κ2) is 10.9. The Kier molecular flexibility index (Phi) is 7.75. The number of hydrogen-bond acceptors (Lipinski definition) is 8. The summed E-state index contributed by atoms with van der Waals surface area (Å²) in [6, 6.07) is 8.62. The molecule has 7 nitrogen and oxygen atoms in total. The van der Waals surface area contributed by atoms with Crippen molar-refractivity contribution < 1.29 is 9.84 Å². The van der Waals surface area contributed by atoms with Crippen LogP contribution in [0, 0.1) is 22.7 Å². The van der Waals surface area contributed by atoms with E-state index in [4.69, 9.17) is 9.72 Å². The molecular weight excluding hydrogens is 458 g/mol. The second-order valence-corrected chi connectivity index (χ2v) is 10.3. The van der Waals surface area contributed by atoms with E-state index in [0.29, 0.717) is 46.1 Å². The van der Waals surface area contributed by atoms with E-state index in [1.807, 2.05) is 30.5 Å². The highest BCUT2D eigenvalue weighted by molar-refractivity contribution is 7.98. The number of nitrogens with zero attached hydrogens (tertiary/aromatic N) is 5. The highest BCUT2D eigenvalue weighted by atomic mass is 32.2. The first-order valence-electron chi connectivity index (χ1n) is 11.8. The molecule has 0 radical (unpaired) electrons. The molecule has 0 saturated carbocycles. The van der Waals surface area contributed by atoms with Crippen LogP contribution in [0.3, 0.4) is 0 Å². The van der Waals surface area contributed by atoms with Crippen molar-refractivity contribution in [2.75, 3.05) is 24.6 Å². The first-order chi connectivity index (χ1) is 16.9. The van der Waals surface area contributed by atoms with Gasteiger partial charge in [-0.3, -0.25) is 4.98 Å². The normalized spacial score (nSPS) is 15.7. The fourth-order valence-electron chi connectivity index (χ4n) is 4.20. The molecule has 0 bridgehead atoms. The fraction of sp³-hybridized carbons (Fsp3) is 0.407. The Hall–Kier alpha value is -3.33. The van der Waals surface area contributed by atoms with Crippen molar-refractivity contribution in [1.29, 1.82) is 10.5 Å². The van der Waals surface area contributed by atoms with Gasteiger partial charge >= 0.3 is 0 Å². The average Bonchev–Trinajstić information content (AvgIpc) is 3.40. The molecule has 1 fully saturated rings. The van der Waals surface area contributed by atoms with Crippen molar-refractivity contribution in [3.05, 3.63) is 64.7 Å². The number of rotatable bonds is 8. The summed E-state index contributed by atoms with van der Waals surface area (Å²) in [5.74, 6) is 2.09. The third kappa shape index (κ3) is 6.03. The Labute approximate surface area is 210 Å². The molecule has 3 heterocycles. The monoisotopic (exact) mass is 487 g/mol. The number of hydrogen-bond donors (Lipinski definition) is 1. The molecular formula is C27H29N5O2S. The molecule has 0 amide bonds. The highest BCUT2D eigenvalue weighted by Gasteiger charge is 2.28. The zero-order valence-electron chi connectivity index (χ0n) is 20.1. The molecule has 1 N–H and O–H groups in total. The first-order valence-corrected chi connectivity index (χ1v) is 12.8. The number of anilines is 1. The Morgan fingerprint density at radius 1 is 1.14 bits per heavy atom. The number of thioether (sulfide) groups is 1. The van der Waals surface area contributed by atoms with Crippen molar-refractivity contribution in [1.82, 2.24) is 9.97 Å². The molecule has 0 unspecified atom stereocenters. The van der Waals surface area contributed by atoms with E-state index in [9.17, 15) is 15.6 Å². The maximum absolute atomic E-state index is 10.2. The highest BCUT2D eigenvalue weighted by Crippen LogP contribution is 2.40. The van der Waals surface area contributed by atoms with E-state index >= 15 is 0 Å². The molecule has 35 heavy (non-hydrogen) atoms. The van der Waals surface area contributed by atoms with Crippen LogP contribution < -0.4 is 4.90 Å². The minimum absolute atomic E-state index is 0.207. The van der Waals surface area contributed by atoms with Gasteiger partial charge in [-0.15, -0.1) is 11.8 Å². The molecule has 2 aromatic heterocycles. The molecule has 1 saturated heterocycles. The van der Waals surface area contributed by atoms with Crippen molar-refractivity contribution in [3.8, 4) is 12.1 Å². The van der Waals surface area contributed by atoms with Crippen LogP contribution in [0.5, 0.6) is 0 Å². The van der Waals surface area contributed by atoms with Gasteiger partial charge in [0.05, 0.1) is 16.9 Å². The smallest absolute Gasteiger partial charge is 0.148 e. The molecule has 1 aliphatic carbocycles.